The number of β-lactam (4-membered cyclic amide) rings is 1. The van der Waals surface area contributed by atoms with Crippen molar-refractivity contribution in [1.82, 2.24) is 10.2 Å². The number of nitrogens with zero attached hydrogens (tertiary/aromatic N) is 4. The summed E-state index contributed by atoms with van der Waals surface area (Å²) in [5, 5.41) is 15.1. The van der Waals surface area contributed by atoms with Gasteiger partial charge in [0.1, 0.15) is 17.5 Å². The van der Waals surface area contributed by atoms with E-state index in [9.17, 15) is 19.5 Å². The molecule has 9 nitrogen and oxygen atoms in total. The van der Waals surface area contributed by atoms with Gasteiger partial charge in [-0.1, -0.05) is 17.2 Å². The van der Waals surface area contributed by atoms with Crippen molar-refractivity contribution in [3.8, 4) is 0 Å². The van der Waals surface area contributed by atoms with Crippen molar-refractivity contribution in [1.29, 1.82) is 0 Å². The Morgan fingerprint density at radius 1 is 1.36 bits per heavy atom. The molecule has 3 atom stereocenters. The number of thioether (sulfide) groups is 1. The number of fused-ring (bicyclic) bond motifs is 1. The van der Waals surface area contributed by atoms with E-state index in [0.717, 1.165) is 0 Å². The fourth-order valence-corrected chi connectivity index (χ4v) is 4.73. The van der Waals surface area contributed by atoms with Gasteiger partial charge in [0, 0.05) is 20.9 Å². The maximum atomic E-state index is 12.3. The van der Waals surface area contributed by atoms with Crippen molar-refractivity contribution in [3.63, 3.8) is 0 Å². The standard InChI is InChI=1S/C15H15N5O4S/c1-15(2)10(14(23)24)20-12(22)9(13(20)25-15)17-11(21)7-3-5-8(6-4-7)18-19-16/h3-6,9-10,13H,1-2H3,(H,17,21)(H,23,24). The van der Waals surface area contributed by atoms with Crippen LogP contribution in [-0.2, 0) is 9.59 Å². The van der Waals surface area contributed by atoms with Crippen molar-refractivity contribution < 1.29 is 19.5 Å². The van der Waals surface area contributed by atoms with E-state index in [1.807, 2.05) is 0 Å². The highest BCUT2D eigenvalue weighted by atomic mass is 32.2. The highest BCUT2D eigenvalue weighted by molar-refractivity contribution is 8.01. The van der Waals surface area contributed by atoms with Gasteiger partial charge in [-0.3, -0.25) is 9.59 Å². The normalized spacial score (nSPS) is 26.2. The molecule has 3 rings (SSSR count). The molecule has 2 aliphatic heterocycles. The number of rotatable bonds is 4. The molecule has 0 saturated carbocycles. The smallest absolute Gasteiger partial charge is 0.327 e. The molecule has 130 valence electrons. The minimum Gasteiger partial charge on any atom is -0.480 e. The number of carbonyl (C=O) groups excluding carboxylic acids is 2. The largest absolute Gasteiger partial charge is 0.480 e. The number of carbonyl (C=O) groups is 3. The first-order valence-corrected chi connectivity index (χ1v) is 8.33. The summed E-state index contributed by atoms with van der Waals surface area (Å²) in [6.45, 7) is 3.55. The monoisotopic (exact) mass is 361 g/mol. The van der Waals surface area contributed by atoms with Crippen LogP contribution in [0, 0.1) is 0 Å². The first kappa shape index (κ1) is 17.1. The van der Waals surface area contributed by atoms with Crippen LogP contribution in [0.4, 0.5) is 5.69 Å². The molecule has 2 aliphatic rings. The predicted molar refractivity (Wildman–Crippen MR) is 90.2 cm³/mol. The average molecular weight is 361 g/mol. The molecule has 2 fully saturated rings. The number of carboxylic acids is 1. The Bertz CT molecular complexity index is 803. The molecule has 10 heteroatoms. The maximum Gasteiger partial charge on any atom is 0.327 e. The Balaban J connectivity index is 1.72. The first-order valence-electron chi connectivity index (χ1n) is 7.45. The highest BCUT2D eigenvalue weighted by Crippen LogP contribution is 2.50. The number of amides is 2. The van der Waals surface area contributed by atoms with Gasteiger partial charge in [-0.25, -0.2) is 4.79 Å². The third-order valence-electron chi connectivity index (χ3n) is 4.25. The molecule has 25 heavy (non-hydrogen) atoms. The minimum absolute atomic E-state index is 0.320. The molecular weight excluding hydrogens is 346 g/mol. The summed E-state index contributed by atoms with van der Waals surface area (Å²) in [6.07, 6.45) is 0. The number of aliphatic carboxylic acids is 1. The second kappa shape index (κ2) is 5.98. The van der Waals surface area contributed by atoms with Crippen molar-refractivity contribution in [2.24, 2.45) is 5.11 Å². The van der Waals surface area contributed by atoms with Crippen LogP contribution in [0.5, 0.6) is 0 Å². The summed E-state index contributed by atoms with van der Waals surface area (Å²) >= 11 is 1.37. The molecule has 2 heterocycles. The molecule has 0 radical (unpaired) electrons. The summed E-state index contributed by atoms with van der Waals surface area (Å²) < 4.78 is -0.636. The van der Waals surface area contributed by atoms with E-state index in [1.54, 1.807) is 13.8 Å². The number of benzene rings is 1. The van der Waals surface area contributed by atoms with Gasteiger partial charge in [0.25, 0.3) is 5.91 Å². The van der Waals surface area contributed by atoms with Crippen LogP contribution in [0.3, 0.4) is 0 Å². The molecule has 0 aliphatic carbocycles. The quantitative estimate of drug-likeness (QED) is 0.365. The van der Waals surface area contributed by atoms with Gasteiger partial charge < -0.3 is 15.3 Å². The Morgan fingerprint density at radius 3 is 2.56 bits per heavy atom. The van der Waals surface area contributed by atoms with Crippen LogP contribution in [0.1, 0.15) is 24.2 Å². The Kier molecular flexibility index (Phi) is 4.09. The molecule has 2 saturated heterocycles. The van der Waals surface area contributed by atoms with Crippen LogP contribution in [-0.4, -0.2) is 50.0 Å². The zero-order chi connectivity index (χ0) is 18.4. The molecule has 1 aromatic rings. The zero-order valence-electron chi connectivity index (χ0n) is 13.4. The average Bonchev–Trinajstić information content (AvgIpc) is 2.81. The van der Waals surface area contributed by atoms with Crippen LogP contribution in [0.25, 0.3) is 10.4 Å². The van der Waals surface area contributed by atoms with Crippen LogP contribution < -0.4 is 5.32 Å². The molecule has 3 unspecified atom stereocenters. The van der Waals surface area contributed by atoms with Gasteiger partial charge in [0.15, 0.2) is 0 Å². The summed E-state index contributed by atoms with van der Waals surface area (Å²) in [4.78, 5) is 40.1. The molecule has 2 amide bonds. The SMILES string of the molecule is CC1(C)SC2C(NC(=O)c3ccc(N=[N+]=[N-])cc3)C(=O)N2C1C(=O)O. The lowest BCUT2D eigenvalue weighted by Gasteiger charge is -2.43. The molecule has 0 spiro atoms. The second-order valence-corrected chi connectivity index (χ2v) is 8.06. The fourth-order valence-electron chi connectivity index (χ4n) is 3.10. The van der Waals surface area contributed by atoms with Gasteiger partial charge in [-0.2, -0.15) is 0 Å². The van der Waals surface area contributed by atoms with Gasteiger partial charge in [-0.15, -0.1) is 11.8 Å². The van der Waals surface area contributed by atoms with Crippen molar-refractivity contribution in [2.45, 2.75) is 36.1 Å². The van der Waals surface area contributed by atoms with Gasteiger partial charge in [0.2, 0.25) is 5.91 Å². The summed E-state index contributed by atoms with van der Waals surface area (Å²) in [7, 11) is 0. The zero-order valence-corrected chi connectivity index (χ0v) is 14.2. The topological polar surface area (TPSA) is 135 Å². The van der Waals surface area contributed by atoms with Crippen molar-refractivity contribution >= 4 is 35.2 Å². The fraction of sp³-hybridized carbons (Fsp3) is 0.400. The third kappa shape index (κ3) is 2.79. The number of azide groups is 1. The Hall–Kier alpha value is -2.71. The predicted octanol–water partition coefficient (Wildman–Crippen LogP) is 1.87. The van der Waals surface area contributed by atoms with Gasteiger partial charge in [0.05, 0.1) is 0 Å². The molecule has 1 aromatic carbocycles. The van der Waals surface area contributed by atoms with Crippen LogP contribution in [0.2, 0.25) is 0 Å². The third-order valence-corrected chi connectivity index (χ3v) is 5.82. The van der Waals surface area contributed by atoms with Crippen LogP contribution >= 0.6 is 11.8 Å². The number of carboxylic acid groups (broad SMARTS) is 1. The lowest BCUT2D eigenvalue weighted by molar-refractivity contribution is -0.159. The second-order valence-electron chi connectivity index (χ2n) is 6.29. The van der Waals surface area contributed by atoms with Crippen molar-refractivity contribution in [3.05, 3.63) is 40.3 Å². The Labute approximate surface area is 147 Å². The van der Waals surface area contributed by atoms with E-state index in [1.165, 1.54) is 40.9 Å². The summed E-state index contributed by atoms with van der Waals surface area (Å²) in [5.41, 5.74) is 9.07. The summed E-state index contributed by atoms with van der Waals surface area (Å²) in [5.74, 6) is -1.89. The molecule has 0 bridgehead atoms. The molecule has 2 N–H and O–H groups in total. The van der Waals surface area contributed by atoms with E-state index < -0.39 is 40.0 Å². The van der Waals surface area contributed by atoms with Gasteiger partial charge in [-0.05, 0) is 31.5 Å². The highest BCUT2D eigenvalue weighted by Gasteiger charge is 2.64. The van der Waals surface area contributed by atoms with E-state index in [4.69, 9.17) is 5.53 Å². The van der Waals surface area contributed by atoms with E-state index >= 15 is 0 Å². The Morgan fingerprint density at radius 2 is 2.00 bits per heavy atom. The molecular formula is C15H15N5O4S. The van der Waals surface area contributed by atoms with E-state index in [-0.39, 0.29) is 0 Å². The lowest BCUT2D eigenvalue weighted by Crippen LogP contribution is -2.70. The lowest BCUT2D eigenvalue weighted by atomic mass is 9.96. The van der Waals surface area contributed by atoms with Crippen molar-refractivity contribution in [2.75, 3.05) is 0 Å². The number of nitrogens with one attached hydrogen (secondary N) is 1. The minimum atomic E-state index is -1.05. The number of hydrogen-bond acceptors (Lipinski definition) is 5. The molecule has 0 aromatic heterocycles. The van der Waals surface area contributed by atoms with E-state index in [0.29, 0.717) is 11.3 Å². The first-order chi connectivity index (χ1) is 11.8. The number of hydrogen-bond donors (Lipinski definition) is 2. The van der Waals surface area contributed by atoms with E-state index in [2.05, 4.69) is 15.3 Å². The maximum absolute atomic E-state index is 12.3. The summed E-state index contributed by atoms with van der Waals surface area (Å²) in [6, 6.07) is 4.32. The van der Waals surface area contributed by atoms with Crippen LogP contribution in [0.15, 0.2) is 29.4 Å². The van der Waals surface area contributed by atoms with Gasteiger partial charge >= 0.3 is 5.97 Å².